The summed E-state index contributed by atoms with van der Waals surface area (Å²) in [5, 5.41) is 7.81. The van der Waals surface area contributed by atoms with Crippen LogP contribution in [-0.2, 0) is 0 Å². The van der Waals surface area contributed by atoms with Crippen molar-refractivity contribution in [1.82, 2.24) is 14.9 Å². The van der Waals surface area contributed by atoms with E-state index in [1.54, 1.807) is 7.11 Å². The van der Waals surface area contributed by atoms with Crippen molar-refractivity contribution < 1.29 is 4.74 Å². The SMILES string of the molecule is CCNC(c1ccc(OC)cc1)c1snnc1C(C)C. The average Bonchev–Trinajstić information content (AvgIpc) is 2.94. The molecule has 0 radical (unpaired) electrons. The third-order valence-electron chi connectivity index (χ3n) is 3.21. The summed E-state index contributed by atoms with van der Waals surface area (Å²) in [6.07, 6.45) is 0. The van der Waals surface area contributed by atoms with E-state index in [1.165, 1.54) is 22.0 Å². The van der Waals surface area contributed by atoms with E-state index in [0.29, 0.717) is 5.92 Å². The lowest BCUT2D eigenvalue weighted by molar-refractivity contribution is 0.414. The van der Waals surface area contributed by atoms with Crippen LogP contribution in [0.2, 0.25) is 0 Å². The minimum Gasteiger partial charge on any atom is -0.497 e. The smallest absolute Gasteiger partial charge is 0.118 e. The van der Waals surface area contributed by atoms with Crippen LogP contribution in [-0.4, -0.2) is 23.2 Å². The van der Waals surface area contributed by atoms with Gasteiger partial charge in [0.15, 0.2) is 0 Å². The highest BCUT2D eigenvalue weighted by molar-refractivity contribution is 7.05. The highest BCUT2D eigenvalue weighted by atomic mass is 32.1. The molecule has 108 valence electrons. The number of hydrogen-bond acceptors (Lipinski definition) is 5. The molecule has 0 amide bonds. The van der Waals surface area contributed by atoms with Gasteiger partial charge in [0.2, 0.25) is 0 Å². The van der Waals surface area contributed by atoms with Crippen molar-refractivity contribution in [3.05, 3.63) is 40.4 Å². The van der Waals surface area contributed by atoms with Crippen LogP contribution < -0.4 is 10.1 Å². The van der Waals surface area contributed by atoms with Crippen molar-refractivity contribution in [2.45, 2.75) is 32.7 Å². The Morgan fingerprint density at radius 2 is 1.95 bits per heavy atom. The Labute approximate surface area is 124 Å². The summed E-state index contributed by atoms with van der Waals surface area (Å²) in [5.74, 6) is 1.25. The fraction of sp³-hybridized carbons (Fsp3) is 0.467. The van der Waals surface area contributed by atoms with E-state index in [-0.39, 0.29) is 6.04 Å². The van der Waals surface area contributed by atoms with Gasteiger partial charge in [-0.3, -0.25) is 0 Å². The molecule has 1 aromatic carbocycles. The number of nitrogens with one attached hydrogen (secondary N) is 1. The molecule has 2 rings (SSSR count). The summed E-state index contributed by atoms with van der Waals surface area (Å²) < 4.78 is 9.35. The molecule has 1 aromatic heterocycles. The summed E-state index contributed by atoms with van der Waals surface area (Å²) in [7, 11) is 1.68. The van der Waals surface area contributed by atoms with Crippen molar-refractivity contribution in [1.29, 1.82) is 0 Å². The van der Waals surface area contributed by atoms with Crippen molar-refractivity contribution in [3.63, 3.8) is 0 Å². The van der Waals surface area contributed by atoms with E-state index in [2.05, 4.69) is 47.8 Å². The quantitative estimate of drug-likeness (QED) is 0.886. The van der Waals surface area contributed by atoms with E-state index in [9.17, 15) is 0 Å². The van der Waals surface area contributed by atoms with Gasteiger partial charge in [-0.2, -0.15) is 0 Å². The second-order valence-electron chi connectivity index (χ2n) is 4.94. The monoisotopic (exact) mass is 291 g/mol. The van der Waals surface area contributed by atoms with E-state index in [4.69, 9.17) is 4.74 Å². The number of methoxy groups -OCH3 is 1. The largest absolute Gasteiger partial charge is 0.497 e. The second kappa shape index (κ2) is 6.81. The maximum atomic E-state index is 5.22. The van der Waals surface area contributed by atoms with Crippen LogP contribution in [0, 0.1) is 0 Å². The maximum Gasteiger partial charge on any atom is 0.118 e. The van der Waals surface area contributed by atoms with E-state index >= 15 is 0 Å². The molecule has 0 saturated heterocycles. The predicted octanol–water partition coefficient (Wildman–Crippen LogP) is 3.37. The molecule has 0 fully saturated rings. The molecule has 5 heteroatoms. The summed E-state index contributed by atoms with van der Waals surface area (Å²) in [6.45, 7) is 7.31. The molecule has 0 spiro atoms. The average molecular weight is 291 g/mol. The van der Waals surface area contributed by atoms with Crippen LogP contribution in [0.3, 0.4) is 0 Å². The highest BCUT2D eigenvalue weighted by Gasteiger charge is 2.22. The Bertz CT molecular complexity index is 536. The summed E-state index contributed by atoms with van der Waals surface area (Å²) in [5.41, 5.74) is 2.29. The van der Waals surface area contributed by atoms with Crippen LogP contribution in [0.4, 0.5) is 0 Å². The van der Waals surface area contributed by atoms with Crippen molar-refractivity contribution in [3.8, 4) is 5.75 Å². The third-order valence-corrected chi connectivity index (χ3v) is 4.01. The molecule has 1 atom stereocenters. The molecule has 20 heavy (non-hydrogen) atoms. The zero-order chi connectivity index (χ0) is 14.5. The molecule has 2 aromatic rings. The van der Waals surface area contributed by atoms with E-state index in [1.807, 2.05) is 12.1 Å². The van der Waals surface area contributed by atoms with Gasteiger partial charge in [0.1, 0.15) is 5.75 Å². The molecule has 1 unspecified atom stereocenters. The number of nitrogens with zero attached hydrogens (tertiary/aromatic N) is 2. The Kier molecular flexibility index (Phi) is 5.09. The van der Waals surface area contributed by atoms with Crippen molar-refractivity contribution in [2.75, 3.05) is 13.7 Å². The Hall–Kier alpha value is -1.46. The summed E-state index contributed by atoms with van der Waals surface area (Å²) >= 11 is 1.48. The lowest BCUT2D eigenvalue weighted by atomic mass is 10.00. The highest BCUT2D eigenvalue weighted by Crippen LogP contribution is 2.31. The molecule has 1 N–H and O–H groups in total. The molecular formula is C15H21N3OS. The first kappa shape index (κ1) is 14.9. The fourth-order valence-electron chi connectivity index (χ4n) is 2.17. The number of ether oxygens (including phenoxy) is 1. The normalized spacial score (nSPS) is 12.7. The van der Waals surface area contributed by atoms with Gasteiger partial charge in [0, 0.05) is 0 Å². The lowest BCUT2D eigenvalue weighted by Crippen LogP contribution is -2.22. The van der Waals surface area contributed by atoms with Crippen LogP contribution >= 0.6 is 11.5 Å². The molecule has 0 aliphatic rings. The second-order valence-corrected chi connectivity index (χ2v) is 5.73. The maximum absolute atomic E-state index is 5.22. The Morgan fingerprint density at radius 3 is 2.50 bits per heavy atom. The van der Waals surface area contributed by atoms with Crippen LogP contribution in [0.15, 0.2) is 24.3 Å². The summed E-state index contributed by atoms with van der Waals surface area (Å²) in [6, 6.07) is 8.31. The number of benzene rings is 1. The van der Waals surface area contributed by atoms with Gasteiger partial charge >= 0.3 is 0 Å². The van der Waals surface area contributed by atoms with E-state index in [0.717, 1.165) is 18.0 Å². The molecular weight excluding hydrogens is 270 g/mol. The van der Waals surface area contributed by atoms with Gasteiger partial charge in [0.05, 0.1) is 23.7 Å². The van der Waals surface area contributed by atoms with Crippen LogP contribution in [0.1, 0.15) is 48.9 Å². The van der Waals surface area contributed by atoms with Gasteiger partial charge in [-0.15, -0.1) is 5.10 Å². The molecule has 0 bridgehead atoms. The first-order valence-electron chi connectivity index (χ1n) is 6.86. The number of hydrogen-bond donors (Lipinski definition) is 1. The zero-order valence-corrected chi connectivity index (χ0v) is 13.2. The number of rotatable bonds is 6. The standard InChI is InChI=1S/C15H21N3OS/c1-5-16-14(11-6-8-12(19-4)9-7-11)15-13(10(2)3)17-18-20-15/h6-10,14,16H,5H2,1-4H3. The van der Waals surface area contributed by atoms with Crippen LogP contribution in [0.5, 0.6) is 5.75 Å². The van der Waals surface area contributed by atoms with E-state index < -0.39 is 0 Å². The zero-order valence-electron chi connectivity index (χ0n) is 12.4. The lowest BCUT2D eigenvalue weighted by Gasteiger charge is -2.18. The Morgan fingerprint density at radius 1 is 1.25 bits per heavy atom. The van der Waals surface area contributed by atoms with Gasteiger partial charge in [-0.1, -0.05) is 37.4 Å². The first-order chi connectivity index (χ1) is 9.67. The molecule has 0 aliphatic heterocycles. The fourth-order valence-corrected chi connectivity index (χ4v) is 3.08. The third kappa shape index (κ3) is 3.16. The Balaban J connectivity index is 2.36. The number of aromatic nitrogens is 2. The van der Waals surface area contributed by atoms with Gasteiger partial charge in [0.25, 0.3) is 0 Å². The van der Waals surface area contributed by atoms with Gasteiger partial charge < -0.3 is 10.1 Å². The topological polar surface area (TPSA) is 47.0 Å². The van der Waals surface area contributed by atoms with Crippen molar-refractivity contribution in [2.24, 2.45) is 0 Å². The van der Waals surface area contributed by atoms with Gasteiger partial charge in [-0.05, 0) is 41.7 Å². The van der Waals surface area contributed by atoms with Crippen molar-refractivity contribution >= 4 is 11.5 Å². The molecule has 0 saturated carbocycles. The summed E-state index contributed by atoms with van der Waals surface area (Å²) in [4.78, 5) is 1.20. The predicted molar refractivity (Wildman–Crippen MR) is 82.5 cm³/mol. The molecule has 4 nitrogen and oxygen atoms in total. The molecule has 0 aliphatic carbocycles. The van der Waals surface area contributed by atoms with Crippen LogP contribution in [0.25, 0.3) is 0 Å². The van der Waals surface area contributed by atoms with Gasteiger partial charge in [-0.25, -0.2) is 0 Å². The minimum absolute atomic E-state index is 0.142. The first-order valence-corrected chi connectivity index (χ1v) is 7.64. The molecule has 1 heterocycles. The minimum atomic E-state index is 0.142.